The van der Waals surface area contributed by atoms with E-state index in [0.29, 0.717) is 36.2 Å². The normalized spacial score (nSPS) is 14.1. The molecule has 1 amide bonds. The number of thiophene rings is 1. The average molecular weight is 495 g/mol. The number of hydrogen-bond acceptors (Lipinski definition) is 6. The van der Waals surface area contributed by atoms with E-state index in [-0.39, 0.29) is 27.8 Å². The van der Waals surface area contributed by atoms with Crippen molar-refractivity contribution in [3.05, 3.63) is 92.8 Å². The van der Waals surface area contributed by atoms with Gasteiger partial charge in [0, 0.05) is 25.5 Å². The predicted molar refractivity (Wildman–Crippen MR) is 130 cm³/mol. The Morgan fingerprint density at radius 3 is 2.71 bits per heavy atom. The van der Waals surface area contributed by atoms with Crippen LogP contribution in [0.4, 0.5) is 0 Å². The molecular weight excluding hydrogens is 472 g/mol. The van der Waals surface area contributed by atoms with Crippen LogP contribution in [0, 0.1) is 0 Å². The first-order chi connectivity index (χ1) is 16.3. The highest BCUT2D eigenvalue weighted by molar-refractivity contribution is 7.91. The summed E-state index contributed by atoms with van der Waals surface area (Å²) >= 11 is 1.04. The van der Waals surface area contributed by atoms with Gasteiger partial charge >= 0.3 is 0 Å². The zero-order chi connectivity index (χ0) is 23.9. The summed E-state index contributed by atoms with van der Waals surface area (Å²) in [6.07, 6.45) is 0.659. The zero-order valence-corrected chi connectivity index (χ0v) is 20.0. The Labute approximate surface area is 200 Å². The SMILES string of the molecule is CN(Cc1nc2ccccc2c(=O)[nH]1)C(=O)c1csc(S(=O)(=O)N2CCc3ccccc3C2)c1. The van der Waals surface area contributed by atoms with Gasteiger partial charge in [0.05, 0.1) is 23.0 Å². The van der Waals surface area contributed by atoms with Gasteiger partial charge in [-0.3, -0.25) is 9.59 Å². The van der Waals surface area contributed by atoms with E-state index in [1.54, 1.807) is 36.7 Å². The van der Waals surface area contributed by atoms with Crippen LogP contribution < -0.4 is 5.56 Å². The second-order valence-electron chi connectivity index (χ2n) is 8.20. The molecule has 0 fully saturated rings. The first kappa shape index (κ1) is 22.5. The molecule has 174 valence electrons. The first-order valence-electron chi connectivity index (χ1n) is 10.7. The van der Waals surface area contributed by atoms with Gasteiger partial charge in [0.15, 0.2) is 0 Å². The number of aromatic amines is 1. The molecule has 8 nitrogen and oxygen atoms in total. The van der Waals surface area contributed by atoms with Crippen LogP contribution in [0.15, 0.2) is 69.0 Å². The van der Waals surface area contributed by atoms with Crippen LogP contribution in [-0.4, -0.2) is 47.1 Å². The molecule has 4 aromatic rings. The van der Waals surface area contributed by atoms with Gasteiger partial charge in [0.25, 0.3) is 21.5 Å². The lowest BCUT2D eigenvalue weighted by Gasteiger charge is -2.27. The Kier molecular flexibility index (Phi) is 5.80. The summed E-state index contributed by atoms with van der Waals surface area (Å²) in [5, 5.41) is 2.04. The molecule has 1 aliphatic rings. The van der Waals surface area contributed by atoms with Crippen molar-refractivity contribution in [3.8, 4) is 0 Å². The molecule has 0 saturated carbocycles. The average Bonchev–Trinajstić information content (AvgIpc) is 3.34. The minimum Gasteiger partial charge on any atom is -0.334 e. The largest absolute Gasteiger partial charge is 0.334 e. The van der Waals surface area contributed by atoms with Crippen LogP contribution in [0.5, 0.6) is 0 Å². The fraction of sp³-hybridized carbons (Fsp3) is 0.208. The van der Waals surface area contributed by atoms with E-state index in [0.717, 1.165) is 22.5 Å². The van der Waals surface area contributed by atoms with Gasteiger partial charge in [-0.2, -0.15) is 4.31 Å². The van der Waals surface area contributed by atoms with E-state index in [4.69, 9.17) is 0 Å². The van der Waals surface area contributed by atoms with Gasteiger partial charge in [-0.1, -0.05) is 36.4 Å². The van der Waals surface area contributed by atoms with Crippen molar-refractivity contribution in [2.45, 2.75) is 23.7 Å². The van der Waals surface area contributed by atoms with Crippen molar-refractivity contribution in [2.75, 3.05) is 13.6 Å². The standard InChI is InChI=1S/C24H22N4O4S2/c1-27(14-21-25-20-9-5-4-8-19(20)23(29)26-21)24(30)18-12-22(33-15-18)34(31,32)28-11-10-16-6-2-3-7-17(16)13-28/h2-9,12,15H,10-11,13-14H2,1H3,(H,25,26,29). The molecule has 1 aliphatic heterocycles. The van der Waals surface area contributed by atoms with Crippen LogP contribution in [-0.2, 0) is 29.5 Å². The fourth-order valence-electron chi connectivity index (χ4n) is 4.09. The third-order valence-electron chi connectivity index (χ3n) is 5.91. The molecule has 0 spiro atoms. The molecular formula is C24H22N4O4S2. The smallest absolute Gasteiger partial charge is 0.258 e. The number of amides is 1. The van der Waals surface area contributed by atoms with Gasteiger partial charge in [-0.25, -0.2) is 13.4 Å². The quantitative estimate of drug-likeness (QED) is 0.459. The Bertz CT molecular complexity index is 1560. The minimum absolute atomic E-state index is 0.0831. The number of para-hydroxylation sites is 1. The van der Waals surface area contributed by atoms with E-state index in [1.807, 2.05) is 24.3 Å². The Morgan fingerprint density at radius 1 is 1.15 bits per heavy atom. The maximum Gasteiger partial charge on any atom is 0.258 e. The molecule has 34 heavy (non-hydrogen) atoms. The number of rotatable bonds is 5. The van der Waals surface area contributed by atoms with E-state index in [2.05, 4.69) is 9.97 Å². The number of H-pyrrole nitrogens is 1. The highest BCUT2D eigenvalue weighted by Crippen LogP contribution is 2.29. The summed E-state index contributed by atoms with van der Waals surface area (Å²) in [6.45, 7) is 0.807. The van der Waals surface area contributed by atoms with Gasteiger partial charge in [-0.15, -0.1) is 11.3 Å². The van der Waals surface area contributed by atoms with Gasteiger partial charge in [0.1, 0.15) is 10.0 Å². The molecule has 0 aliphatic carbocycles. The third kappa shape index (κ3) is 4.15. The summed E-state index contributed by atoms with van der Waals surface area (Å²) in [7, 11) is -2.12. The highest BCUT2D eigenvalue weighted by Gasteiger charge is 2.30. The van der Waals surface area contributed by atoms with E-state index in [1.165, 1.54) is 15.3 Å². The van der Waals surface area contributed by atoms with Crippen molar-refractivity contribution < 1.29 is 13.2 Å². The Hall–Kier alpha value is -3.34. The Morgan fingerprint density at radius 2 is 1.88 bits per heavy atom. The number of nitrogens with zero attached hydrogens (tertiary/aromatic N) is 3. The lowest BCUT2D eigenvalue weighted by atomic mass is 10.0. The molecule has 5 rings (SSSR count). The minimum atomic E-state index is -3.71. The lowest BCUT2D eigenvalue weighted by Crippen LogP contribution is -2.35. The van der Waals surface area contributed by atoms with Gasteiger partial charge < -0.3 is 9.88 Å². The number of aromatic nitrogens is 2. The van der Waals surface area contributed by atoms with Crippen molar-refractivity contribution >= 4 is 38.2 Å². The number of carbonyl (C=O) groups is 1. The topological polar surface area (TPSA) is 103 Å². The predicted octanol–water partition coefficient (Wildman–Crippen LogP) is 3.00. The number of nitrogens with one attached hydrogen (secondary N) is 1. The van der Waals surface area contributed by atoms with Crippen molar-refractivity contribution in [1.82, 2.24) is 19.2 Å². The van der Waals surface area contributed by atoms with Crippen molar-refractivity contribution in [1.29, 1.82) is 0 Å². The summed E-state index contributed by atoms with van der Waals surface area (Å²) in [4.78, 5) is 33.8. The molecule has 3 heterocycles. The second-order valence-corrected chi connectivity index (χ2v) is 11.3. The summed E-state index contributed by atoms with van der Waals surface area (Å²) < 4.78 is 28.0. The molecule has 2 aromatic carbocycles. The molecule has 10 heteroatoms. The molecule has 0 atom stereocenters. The second kappa shape index (κ2) is 8.79. The highest BCUT2D eigenvalue weighted by atomic mass is 32.2. The molecule has 0 bridgehead atoms. The summed E-state index contributed by atoms with van der Waals surface area (Å²) in [6, 6.07) is 16.2. The van der Waals surface area contributed by atoms with Crippen LogP contribution in [0.3, 0.4) is 0 Å². The maximum atomic E-state index is 13.2. The van der Waals surface area contributed by atoms with Crippen LogP contribution in [0.25, 0.3) is 10.9 Å². The molecule has 0 unspecified atom stereocenters. The van der Waals surface area contributed by atoms with Crippen molar-refractivity contribution in [2.24, 2.45) is 0 Å². The lowest BCUT2D eigenvalue weighted by molar-refractivity contribution is 0.0782. The number of fused-ring (bicyclic) bond motifs is 2. The van der Waals surface area contributed by atoms with Crippen molar-refractivity contribution in [3.63, 3.8) is 0 Å². The number of carbonyl (C=O) groups excluding carboxylic acids is 1. The first-order valence-corrected chi connectivity index (χ1v) is 13.0. The Balaban J connectivity index is 1.33. The summed E-state index contributed by atoms with van der Waals surface area (Å²) in [5.74, 6) is 0.00658. The van der Waals surface area contributed by atoms with E-state index < -0.39 is 10.0 Å². The van der Waals surface area contributed by atoms with Gasteiger partial charge in [-0.05, 0) is 35.7 Å². The third-order valence-corrected chi connectivity index (χ3v) is 9.17. The molecule has 0 saturated heterocycles. The maximum absolute atomic E-state index is 13.2. The summed E-state index contributed by atoms with van der Waals surface area (Å²) in [5.41, 5.74) is 2.73. The van der Waals surface area contributed by atoms with E-state index in [9.17, 15) is 18.0 Å². The monoisotopic (exact) mass is 494 g/mol. The molecule has 2 aromatic heterocycles. The van der Waals surface area contributed by atoms with Crippen LogP contribution in [0.1, 0.15) is 27.3 Å². The van der Waals surface area contributed by atoms with Gasteiger partial charge in [0.2, 0.25) is 0 Å². The number of sulfonamides is 1. The zero-order valence-electron chi connectivity index (χ0n) is 18.4. The van der Waals surface area contributed by atoms with Crippen LogP contribution >= 0.6 is 11.3 Å². The molecule has 0 radical (unpaired) electrons. The fourth-order valence-corrected chi connectivity index (χ4v) is 6.82. The number of hydrogen-bond donors (Lipinski definition) is 1. The number of benzene rings is 2. The van der Waals surface area contributed by atoms with E-state index >= 15 is 0 Å². The van der Waals surface area contributed by atoms with Crippen LogP contribution in [0.2, 0.25) is 0 Å². The molecule has 1 N–H and O–H groups in total.